The number of nitrogens with two attached hydrogens (primary N) is 1. The van der Waals surface area contributed by atoms with Gasteiger partial charge in [0.1, 0.15) is 19.2 Å². The first kappa shape index (κ1) is 14.2. The minimum absolute atomic E-state index is 0.0363. The Bertz CT molecular complexity index is 555. The van der Waals surface area contributed by atoms with E-state index in [0.717, 1.165) is 6.54 Å². The Labute approximate surface area is 117 Å². The maximum atomic E-state index is 10.5. The molecule has 2 aromatic rings. The number of aliphatic hydroxyl groups excluding tert-OH is 1. The van der Waals surface area contributed by atoms with Crippen LogP contribution in [0, 0.1) is 10.1 Å². The van der Waals surface area contributed by atoms with E-state index >= 15 is 0 Å². The molecule has 0 aliphatic heterocycles. The Hall–Kier alpha value is -2.24. The summed E-state index contributed by atoms with van der Waals surface area (Å²) in [6.07, 6.45) is -0.625. The van der Waals surface area contributed by atoms with Crippen molar-refractivity contribution in [2.45, 2.75) is 12.6 Å². The van der Waals surface area contributed by atoms with Gasteiger partial charge in [-0.15, -0.1) is 0 Å². The van der Waals surface area contributed by atoms with Crippen LogP contribution in [0.25, 0.3) is 0 Å². The summed E-state index contributed by atoms with van der Waals surface area (Å²) in [5, 5.41) is 22.6. The van der Waals surface area contributed by atoms with E-state index in [1.165, 1.54) is 17.7 Å². The molecule has 20 heavy (non-hydrogen) atoms. The third-order valence-corrected chi connectivity index (χ3v) is 3.10. The van der Waals surface area contributed by atoms with Gasteiger partial charge in [0.25, 0.3) is 5.69 Å². The molecule has 0 fully saturated rings. The minimum atomic E-state index is -0.625. The lowest BCUT2D eigenvalue weighted by molar-refractivity contribution is -0.677. The maximum absolute atomic E-state index is 10.5. The molecule has 0 aliphatic carbocycles. The first-order valence-electron chi connectivity index (χ1n) is 6.45. The van der Waals surface area contributed by atoms with Crippen LogP contribution in [0.5, 0.6) is 0 Å². The van der Waals surface area contributed by atoms with Gasteiger partial charge in [-0.3, -0.25) is 10.1 Å². The average molecular weight is 273 g/mol. The third-order valence-electron chi connectivity index (χ3n) is 3.10. The number of hydrogen-bond acceptors (Lipinski definition) is 3. The van der Waals surface area contributed by atoms with E-state index in [2.05, 4.69) is 0 Å². The fourth-order valence-electron chi connectivity index (χ4n) is 1.98. The Kier molecular flexibility index (Phi) is 4.81. The second kappa shape index (κ2) is 6.79. The predicted octanol–water partition coefficient (Wildman–Crippen LogP) is 1.39. The summed E-state index contributed by atoms with van der Waals surface area (Å²) in [4.78, 5) is 10.1. The zero-order chi connectivity index (χ0) is 14.4. The Balaban J connectivity index is 1.85. The second-order valence-corrected chi connectivity index (χ2v) is 4.58. The molecule has 104 valence electrons. The fourth-order valence-corrected chi connectivity index (χ4v) is 1.98. The third kappa shape index (κ3) is 3.88. The molecule has 0 aliphatic rings. The molecule has 3 N–H and O–H groups in total. The normalized spacial score (nSPS) is 12.1. The minimum Gasteiger partial charge on any atom is -0.382 e. The summed E-state index contributed by atoms with van der Waals surface area (Å²) >= 11 is 0. The van der Waals surface area contributed by atoms with Crippen LogP contribution in [0.1, 0.15) is 17.2 Å². The highest BCUT2D eigenvalue weighted by Gasteiger charge is 2.11. The van der Waals surface area contributed by atoms with E-state index in [1.54, 1.807) is 12.1 Å². The van der Waals surface area contributed by atoms with Crippen molar-refractivity contribution in [3.8, 4) is 0 Å². The van der Waals surface area contributed by atoms with Crippen LogP contribution in [-0.2, 0) is 6.54 Å². The van der Waals surface area contributed by atoms with Gasteiger partial charge in [-0.05, 0) is 17.7 Å². The first-order chi connectivity index (χ1) is 9.66. The number of nitro benzene ring substituents is 1. The average Bonchev–Trinajstić information content (AvgIpc) is 2.48. The molecular formula is C15H17N2O3+. The van der Waals surface area contributed by atoms with Gasteiger partial charge in [-0.2, -0.15) is 0 Å². The van der Waals surface area contributed by atoms with Gasteiger partial charge in [0.2, 0.25) is 0 Å². The Morgan fingerprint density at radius 3 is 2.35 bits per heavy atom. The number of nitro groups is 1. The van der Waals surface area contributed by atoms with Crippen molar-refractivity contribution >= 4 is 5.69 Å². The highest BCUT2D eigenvalue weighted by Crippen LogP contribution is 2.16. The summed E-state index contributed by atoms with van der Waals surface area (Å²) in [6, 6.07) is 16.0. The monoisotopic (exact) mass is 273 g/mol. The van der Waals surface area contributed by atoms with Gasteiger partial charge in [-0.1, -0.05) is 30.3 Å². The molecule has 0 amide bonds. The van der Waals surface area contributed by atoms with Crippen molar-refractivity contribution in [3.05, 3.63) is 75.8 Å². The van der Waals surface area contributed by atoms with Crippen LogP contribution in [0.2, 0.25) is 0 Å². The number of benzene rings is 2. The van der Waals surface area contributed by atoms with Crippen LogP contribution in [-0.4, -0.2) is 16.6 Å². The summed E-state index contributed by atoms with van der Waals surface area (Å²) < 4.78 is 0. The van der Waals surface area contributed by atoms with Crippen LogP contribution in [0.3, 0.4) is 0 Å². The smallest absolute Gasteiger partial charge is 0.269 e. The first-order valence-corrected chi connectivity index (χ1v) is 6.45. The van der Waals surface area contributed by atoms with Crippen molar-refractivity contribution in [1.29, 1.82) is 0 Å². The van der Waals surface area contributed by atoms with Gasteiger partial charge < -0.3 is 10.4 Å². The molecular weight excluding hydrogens is 256 g/mol. The van der Waals surface area contributed by atoms with Gasteiger partial charge in [0.15, 0.2) is 0 Å². The molecule has 0 unspecified atom stereocenters. The number of nitrogens with zero attached hydrogens (tertiary/aromatic N) is 1. The maximum Gasteiger partial charge on any atom is 0.269 e. The van der Waals surface area contributed by atoms with E-state index in [0.29, 0.717) is 12.1 Å². The van der Waals surface area contributed by atoms with Crippen molar-refractivity contribution in [2.24, 2.45) is 0 Å². The molecule has 0 aromatic heterocycles. The van der Waals surface area contributed by atoms with E-state index < -0.39 is 11.0 Å². The van der Waals surface area contributed by atoms with Gasteiger partial charge in [0.05, 0.1) is 4.92 Å². The largest absolute Gasteiger partial charge is 0.382 e. The van der Waals surface area contributed by atoms with Crippen molar-refractivity contribution in [2.75, 3.05) is 6.54 Å². The standard InChI is InChI=1S/C15H16N2O3/c18-15(11-16-10-12-4-2-1-3-5-12)13-6-8-14(9-7-13)17(19)20/h1-9,15-16,18H,10-11H2/p+1/t15-/m0/s1. The number of non-ortho nitro benzene ring substituents is 1. The molecule has 0 heterocycles. The van der Waals surface area contributed by atoms with Crippen molar-refractivity contribution in [1.82, 2.24) is 0 Å². The second-order valence-electron chi connectivity index (χ2n) is 4.58. The van der Waals surface area contributed by atoms with Crippen LogP contribution in [0.15, 0.2) is 54.6 Å². The van der Waals surface area contributed by atoms with Gasteiger partial charge in [-0.25, -0.2) is 0 Å². The quantitative estimate of drug-likeness (QED) is 0.616. The van der Waals surface area contributed by atoms with Gasteiger partial charge >= 0.3 is 0 Å². The lowest BCUT2D eigenvalue weighted by Gasteiger charge is -2.09. The summed E-state index contributed by atoms with van der Waals surface area (Å²) in [5.74, 6) is 0. The van der Waals surface area contributed by atoms with Crippen LogP contribution >= 0.6 is 0 Å². The van der Waals surface area contributed by atoms with E-state index in [4.69, 9.17) is 0 Å². The molecule has 0 saturated carbocycles. The molecule has 0 radical (unpaired) electrons. The van der Waals surface area contributed by atoms with Crippen LogP contribution < -0.4 is 5.32 Å². The summed E-state index contributed by atoms with van der Waals surface area (Å²) in [7, 11) is 0. The van der Waals surface area contributed by atoms with E-state index in [-0.39, 0.29) is 5.69 Å². The van der Waals surface area contributed by atoms with E-state index in [9.17, 15) is 15.2 Å². The number of hydrogen-bond donors (Lipinski definition) is 2. The molecule has 5 heteroatoms. The summed E-state index contributed by atoms with van der Waals surface area (Å²) in [6.45, 7) is 1.32. The summed E-state index contributed by atoms with van der Waals surface area (Å²) in [5.41, 5.74) is 1.93. The highest BCUT2D eigenvalue weighted by molar-refractivity contribution is 5.33. The highest BCUT2D eigenvalue weighted by atomic mass is 16.6. The lowest BCUT2D eigenvalue weighted by Crippen LogP contribution is -2.83. The number of quaternary nitrogens is 1. The zero-order valence-corrected chi connectivity index (χ0v) is 11.0. The molecule has 0 bridgehead atoms. The predicted molar refractivity (Wildman–Crippen MR) is 75.0 cm³/mol. The molecule has 1 atom stereocenters. The molecule has 2 aromatic carbocycles. The van der Waals surface area contributed by atoms with Gasteiger partial charge in [0, 0.05) is 17.7 Å². The number of rotatable bonds is 6. The molecule has 0 spiro atoms. The zero-order valence-electron chi connectivity index (χ0n) is 11.0. The molecule has 0 saturated heterocycles. The SMILES string of the molecule is O=[N+]([O-])c1ccc([C@@H](O)C[NH2+]Cc2ccccc2)cc1. The van der Waals surface area contributed by atoms with Crippen molar-refractivity contribution in [3.63, 3.8) is 0 Å². The Morgan fingerprint density at radius 2 is 1.75 bits per heavy atom. The fraction of sp³-hybridized carbons (Fsp3) is 0.200. The number of aliphatic hydroxyl groups is 1. The van der Waals surface area contributed by atoms with Crippen molar-refractivity contribution < 1.29 is 15.3 Å². The molecule has 2 rings (SSSR count). The van der Waals surface area contributed by atoms with Crippen LogP contribution in [0.4, 0.5) is 5.69 Å². The molecule has 5 nitrogen and oxygen atoms in total. The Morgan fingerprint density at radius 1 is 1.10 bits per heavy atom. The topological polar surface area (TPSA) is 80.0 Å². The lowest BCUT2D eigenvalue weighted by atomic mass is 10.1. The van der Waals surface area contributed by atoms with E-state index in [1.807, 2.05) is 35.6 Å².